The SMILES string of the molecule is CCCCC(=O)N(CCNC(=O)[C@H](CC(C)C)NC(=O)CS)Cc1ccc(-c2ccccc2-c2nn[nH]n2)cc1. The van der Waals surface area contributed by atoms with Gasteiger partial charge in [-0.3, -0.25) is 14.4 Å². The molecule has 0 spiro atoms. The number of nitrogens with zero attached hydrogens (tertiary/aromatic N) is 4. The molecule has 214 valence electrons. The average molecular weight is 566 g/mol. The van der Waals surface area contributed by atoms with Crippen molar-refractivity contribution in [2.45, 2.75) is 59.0 Å². The second-order valence-electron chi connectivity index (χ2n) is 10.1. The molecule has 3 rings (SSSR count). The van der Waals surface area contributed by atoms with Gasteiger partial charge in [0, 0.05) is 31.6 Å². The first-order valence-corrected chi connectivity index (χ1v) is 14.3. The number of hydrogen-bond donors (Lipinski definition) is 4. The molecule has 2 aromatic carbocycles. The van der Waals surface area contributed by atoms with E-state index >= 15 is 0 Å². The van der Waals surface area contributed by atoms with E-state index < -0.39 is 6.04 Å². The van der Waals surface area contributed by atoms with Gasteiger partial charge in [0.05, 0.1) is 5.75 Å². The number of carbonyl (C=O) groups excluding carboxylic acids is 3. The highest BCUT2D eigenvalue weighted by atomic mass is 32.1. The van der Waals surface area contributed by atoms with Gasteiger partial charge in [-0.2, -0.15) is 17.8 Å². The van der Waals surface area contributed by atoms with Crippen LogP contribution in [0.15, 0.2) is 48.5 Å². The maximum atomic E-state index is 13.0. The lowest BCUT2D eigenvalue weighted by atomic mass is 9.98. The number of rotatable bonds is 15. The lowest BCUT2D eigenvalue weighted by Gasteiger charge is -2.25. The van der Waals surface area contributed by atoms with Crippen molar-refractivity contribution in [2.75, 3.05) is 18.8 Å². The third kappa shape index (κ3) is 9.18. The van der Waals surface area contributed by atoms with Gasteiger partial charge < -0.3 is 15.5 Å². The number of aromatic amines is 1. The van der Waals surface area contributed by atoms with Crippen molar-refractivity contribution in [3.8, 4) is 22.5 Å². The van der Waals surface area contributed by atoms with Crippen LogP contribution in [0, 0.1) is 5.92 Å². The Hall–Kier alpha value is -3.73. The van der Waals surface area contributed by atoms with E-state index in [-0.39, 0.29) is 35.9 Å². The highest BCUT2D eigenvalue weighted by Crippen LogP contribution is 2.29. The number of carbonyl (C=O) groups is 3. The van der Waals surface area contributed by atoms with Gasteiger partial charge in [-0.1, -0.05) is 75.7 Å². The Balaban J connectivity index is 1.68. The van der Waals surface area contributed by atoms with Crippen LogP contribution in [0.5, 0.6) is 0 Å². The Morgan fingerprint density at radius 3 is 2.40 bits per heavy atom. The van der Waals surface area contributed by atoms with E-state index in [9.17, 15) is 14.4 Å². The first-order chi connectivity index (χ1) is 19.3. The van der Waals surface area contributed by atoms with E-state index in [1.54, 1.807) is 4.90 Å². The smallest absolute Gasteiger partial charge is 0.242 e. The van der Waals surface area contributed by atoms with Gasteiger partial charge in [-0.25, -0.2) is 0 Å². The molecule has 10 nitrogen and oxygen atoms in total. The molecule has 0 saturated heterocycles. The molecule has 0 aliphatic carbocycles. The molecule has 3 amide bonds. The number of tetrazole rings is 1. The van der Waals surface area contributed by atoms with E-state index in [1.807, 2.05) is 62.4 Å². The van der Waals surface area contributed by atoms with Crippen molar-refractivity contribution in [3.63, 3.8) is 0 Å². The summed E-state index contributed by atoms with van der Waals surface area (Å²) in [6.45, 7) is 7.13. The summed E-state index contributed by atoms with van der Waals surface area (Å²) in [7, 11) is 0. The van der Waals surface area contributed by atoms with E-state index in [2.05, 4.69) is 50.8 Å². The maximum absolute atomic E-state index is 13.0. The van der Waals surface area contributed by atoms with Gasteiger partial charge in [0.15, 0.2) is 0 Å². The van der Waals surface area contributed by atoms with Crippen LogP contribution < -0.4 is 10.6 Å². The Labute approximate surface area is 241 Å². The Kier molecular flexibility index (Phi) is 12.1. The van der Waals surface area contributed by atoms with Gasteiger partial charge in [0.25, 0.3) is 0 Å². The van der Waals surface area contributed by atoms with Crippen molar-refractivity contribution in [3.05, 3.63) is 54.1 Å². The summed E-state index contributed by atoms with van der Waals surface area (Å²) in [5.41, 5.74) is 3.84. The van der Waals surface area contributed by atoms with Crippen molar-refractivity contribution >= 4 is 30.4 Å². The second-order valence-corrected chi connectivity index (χ2v) is 10.4. The van der Waals surface area contributed by atoms with Crippen molar-refractivity contribution in [2.24, 2.45) is 5.92 Å². The van der Waals surface area contributed by atoms with Gasteiger partial charge in [0.1, 0.15) is 6.04 Å². The predicted molar refractivity (Wildman–Crippen MR) is 158 cm³/mol. The van der Waals surface area contributed by atoms with Crippen molar-refractivity contribution in [1.29, 1.82) is 0 Å². The molecule has 0 unspecified atom stereocenters. The van der Waals surface area contributed by atoms with Gasteiger partial charge in [-0.15, -0.1) is 10.2 Å². The van der Waals surface area contributed by atoms with Crippen LogP contribution >= 0.6 is 12.6 Å². The second kappa shape index (κ2) is 15.8. The largest absolute Gasteiger partial charge is 0.353 e. The summed E-state index contributed by atoms with van der Waals surface area (Å²) in [6, 6.07) is 15.3. The van der Waals surface area contributed by atoms with Crippen LogP contribution in [0.25, 0.3) is 22.5 Å². The number of hydrogen-bond acceptors (Lipinski definition) is 7. The number of aromatic nitrogens is 4. The first-order valence-electron chi connectivity index (χ1n) is 13.7. The zero-order valence-corrected chi connectivity index (χ0v) is 24.3. The zero-order valence-electron chi connectivity index (χ0n) is 23.4. The van der Waals surface area contributed by atoms with Crippen LogP contribution in [-0.4, -0.2) is 68.1 Å². The lowest BCUT2D eigenvalue weighted by Crippen LogP contribution is -2.49. The number of thiol groups is 1. The number of H-pyrrole nitrogens is 1. The summed E-state index contributed by atoms with van der Waals surface area (Å²) in [4.78, 5) is 39.5. The van der Waals surface area contributed by atoms with Crippen LogP contribution in [0.1, 0.15) is 52.0 Å². The standard InChI is InChI=1S/C29H39N7O3S/c1-4-5-10-27(38)36(16-15-30-29(39)25(17-20(2)3)31-26(37)19-40)18-21-11-13-22(14-12-21)23-8-6-7-9-24(23)28-32-34-35-33-28/h6-9,11-14,20,25,40H,4-5,10,15-19H2,1-3H3,(H,30,39)(H,31,37)(H,32,33,34,35)/t25-/m0/s1. The molecule has 3 N–H and O–H groups in total. The number of unbranched alkanes of at least 4 members (excludes halogenated alkanes) is 1. The summed E-state index contributed by atoms with van der Waals surface area (Å²) >= 11 is 3.99. The third-order valence-electron chi connectivity index (χ3n) is 6.43. The summed E-state index contributed by atoms with van der Waals surface area (Å²) in [6.07, 6.45) is 2.70. The molecule has 1 atom stereocenters. The van der Waals surface area contributed by atoms with Crippen molar-refractivity contribution in [1.82, 2.24) is 36.2 Å². The van der Waals surface area contributed by atoms with E-state index in [0.29, 0.717) is 31.8 Å². The minimum atomic E-state index is -0.633. The Morgan fingerprint density at radius 2 is 1.77 bits per heavy atom. The number of benzene rings is 2. The summed E-state index contributed by atoms with van der Waals surface area (Å²) < 4.78 is 0. The van der Waals surface area contributed by atoms with Crippen LogP contribution in [-0.2, 0) is 20.9 Å². The number of amides is 3. The molecule has 1 aromatic heterocycles. The van der Waals surface area contributed by atoms with Gasteiger partial charge in [0.2, 0.25) is 23.5 Å². The Bertz CT molecular complexity index is 1230. The van der Waals surface area contributed by atoms with Crippen LogP contribution in [0.3, 0.4) is 0 Å². The fourth-order valence-electron chi connectivity index (χ4n) is 4.37. The molecule has 11 heteroatoms. The quantitative estimate of drug-likeness (QED) is 0.208. The topological polar surface area (TPSA) is 133 Å². The van der Waals surface area contributed by atoms with E-state index in [1.165, 1.54) is 0 Å². The molecule has 0 saturated carbocycles. The molecule has 0 radical (unpaired) electrons. The minimum Gasteiger partial charge on any atom is -0.353 e. The first kappa shape index (κ1) is 30.8. The lowest BCUT2D eigenvalue weighted by molar-refractivity contribution is -0.132. The molecule has 0 fully saturated rings. The third-order valence-corrected chi connectivity index (χ3v) is 6.72. The van der Waals surface area contributed by atoms with Crippen molar-refractivity contribution < 1.29 is 14.4 Å². The molecule has 0 aliphatic heterocycles. The average Bonchev–Trinajstić information content (AvgIpc) is 3.50. The van der Waals surface area contributed by atoms with E-state index in [4.69, 9.17) is 0 Å². The van der Waals surface area contributed by atoms with Crippen LogP contribution in [0.2, 0.25) is 0 Å². The van der Waals surface area contributed by atoms with Crippen LogP contribution in [0.4, 0.5) is 0 Å². The maximum Gasteiger partial charge on any atom is 0.242 e. The fourth-order valence-corrected chi connectivity index (χ4v) is 4.47. The molecule has 40 heavy (non-hydrogen) atoms. The predicted octanol–water partition coefficient (Wildman–Crippen LogP) is 3.63. The van der Waals surface area contributed by atoms with Gasteiger partial charge in [-0.05, 0) is 40.7 Å². The summed E-state index contributed by atoms with van der Waals surface area (Å²) in [5, 5.41) is 20.0. The van der Waals surface area contributed by atoms with Gasteiger partial charge >= 0.3 is 0 Å². The highest BCUT2D eigenvalue weighted by molar-refractivity contribution is 7.81. The molecule has 3 aromatic rings. The molecular formula is C29H39N7O3S. The fraction of sp³-hybridized carbons (Fsp3) is 0.448. The normalized spacial score (nSPS) is 11.7. The molecule has 0 bridgehead atoms. The molecular weight excluding hydrogens is 526 g/mol. The highest BCUT2D eigenvalue weighted by Gasteiger charge is 2.22. The summed E-state index contributed by atoms with van der Waals surface area (Å²) in [5.74, 6) is 0.270. The zero-order chi connectivity index (χ0) is 28.9. The minimum absolute atomic E-state index is 0.0169. The molecule has 1 heterocycles. The molecule has 0 aliphatic rings. The number of nitrogens with one attached hydrogen (secondary N) is 3. The Morgan fingerprint density at radius 1 is 1.05 bits per heavy atom. The van der Waals surface area contributed by atoms with E-state index in [0.717, 1.165) is 35.1 Å². The monoisotopic (exact) mass is 565 g/mol.